The number of ketones is 1. The van der Waals surface area contributed by atoms with Crippen molar-refractivity contribution in [2.24, 2.45) is 11.8 Å². The van der Waals surface area contributed by atoms with Crippen molar-refractivity contribution < 1.29 is 24.5 Å². The van der Waals surface area contributed by atoms with Crippen LogP contribution in [0.25, 0.3) is 0 Å². The average Bonchev–Trinajstić information content (AvgIpc) is 2.41. The minimum atomic E-state index is -1.26. The standard InChI is InChI=1S/C15H22O5/c1-5-9(4)15(19)20-11-6-10(7-16)13(17)14(18)12(11)8(2)3/h5-6,8,11-12,14,16,18H,7H2,1-4H3/b9-5-/t11-,12-,14+/m1/s1. The number of aliphatic hydroxyl groups is 2. The van der Waals surface area contributed by atoms with Crippen molar-refractivity contribution in [3.05, 3.63) is 23.3 Å². The zero-order valence-electron chi connectivity index (χ0n) is 12.3. The van der Waals surface area contributed by atoms with Crippen LogP contribution in [-0.2, 0) is 14.3 Å². The van der Waals surface area contributed by atoms with E-state index in [4.69, 9.17) is 9.84 Å². The van der Waals surface area contributed by atoms with Gasteiger partial charge in [-0.05, 0) is 25.8 Å². The first-order valence-corrected chi connectivity index (χ1v) is 6.71. The van der Waals surface area contributed by atoms with E-state index in [1.165, 1.54) is 6.08 Å². The quantitative estimate of drug-likeness (QED) is 0.593. The number of esters is 1. The molecular formula is C15H22O5. The Labute approximate surface area is 118 Å². The number of rotatable bonds is 4. The summed E-state index contributed by atoms with van der Waals surface area (Å²) in [6.07, 6.45) is 1.10. The summed E-state index contributed by atoms with van der Waals surface area (Å²) in [5.74, 6) is -1.54. The van der Waals surface area contributed by atoms with Crippen LogP contribution in [0.4, 0.5) is 0 Å². The molecule has 0 bridgehead atoms. The van der Waals surface area contributed by atoms with Gasteiger partial charge >= 0.3 is 5.97 Å². The number of aliphatic hydroxyl groups excluding tert-OH is 2. The molecule has 5 heteroatoms. The van der Waals surface area contributed by atoms with Crippen molar-refractivity contribution in [3.63, 3.8) is 0 Å². The van der Waals surface area contributed by atoms with Gasteiger partial charge in [0.2, 0.25) is 0 Å². The van der Waals surface area contributed by atoms with E-state index in [-0.39, 0.29) is 11.5 Å². The van der Waals surface area contributed by atoms with Crippen LogP contribution < -0.4 is 0 Å². The Morgan fingerprint density at radius 1 is 1.50 bits per heavy atom. The van der Waals surface area contributed by atoms with E-state index in [2.05, 4.69) is 0 Å². The van der Waals surface area contributed by atoms with Crippen molar-refractivity contribution >= 4 is 11.8 Å². The highest BCUT2D eigenvalue weighted by Gasteiger charge is 2.41. The fraction of sp³-hybridized carbons (Fsp3) is 0.600. The molecule has 1 aliphatic rings. The smallest absolute Gasteiger partial charge is 0.333 e. The van der Waals surface area contributed by atoms with Crippen molar-refractivity contribution in [1.29, 1.82) is 0 Å². The number of carbonyl (C=O) groups excluding carboxylic acids is 2. The van der Waals surface area contributed by atoms with Gasteiger partial charge in [-0.1, -0.05) is 19.9 Å². The minimum absolute atomic E-state index is 0.0471. The molecular weight excluding hydrogens is 260 g/mol. The molecule has 0 spiro atoms. The zero-order chi connectivity index (χ0) is 15.4. The van der Waals surface area contributed by atoms with E-state index < -0.39 is 36.5 Å². The Kier molecular flexibility index (Phi) is 5.65. The van der Waals surface area contributed by atoms with Gasteiger partial charge in [-0.3, -0.25) is 4.79 Å². The van der Waals surface area contributed by atoms with Crippen LogP contribution in [0.5, 0.6) is 0 Å². The first-order valence-electron chi connectivity index (χ1n) is 6.71. The maximum atomic E-state index is 11.9. The fourth-order valence-corrected chi connectivity index (χ4v) is 2.26. The molecule has 1 aliphatic carbocycles. The molecule has 0 aliphatic heterocycles. The molecule has 0 fully saturated rings. The van der Waals surface area contributed by atoms with Crippen LogP contribution in [0.15, 0.2) is 23.3 Å². The van der Waals surface area contributed by atoms with E-state index in [1.807, 2.05) is 13.8 Å². The van der Waals surface area contributed by atoms with E-state index in [9.17, 15) is 14.7 Å². The van der Waals surface area contributed by atoms with Gasteiger partial charge in [0.25, 0.3) is 0 Å². The molecule has 3 atom stereocenters. The highest BCUT2D eigenvalue weighted by molar-refractivity contribution is 6.00. The second-order valence-corrected chi connectivity index (χ2v) is 5.32. The highest BCUT2D eigenvalue weighted by atomic mass is 16.5. The summed E-state index contributed by atoms with van der Waals surface area (Å²) >= 11 is 0. The van der Waals surface area contributed by atoms with E-state index in [0.29, 0.717) is 5.57 Å². The largest absolute Gasteiger partial charge is 0.454 e. The molecule has 0 saturated heterocycles. The highest BCUT2D eigenvalue weighted by Crippen LogP contribution is 2.30. The predicted octanol–water partition coefficient (Wildman–Crippen LogP) is 0.999. The summed E-state index contributed by atoms with van der Waals surface area (Å²) < 4.78 is 5.36. The molecule has 0 aromatic rings. The summed E-state index contributed by atoms with van der Waals surface area (Å²) in [5, 5.41) is 19.2. The number of hydrogen-bond donors (Lipinski definition) is 2. The van der Waals surface area contributed by atoms with Crippen molar-refractivity contribution in [3.8, 4) is 0 Å². The van der Waals surface area contributed by atoms with Gasteiger partial charge in [-0.25, -0.2) is 4.79 Å². The van der Waals surface area contributed by atoms with Crippen LogP contribution in [0, 0.1) is 11.8 Å². The number of allylic oxidation sites excluding steroid dienone is 1. The van der Waals surface area contributed by atoms with Crippen LogP contribution in [-0.4, -0.2) is 40.8 Å². The molecule has 0 amide bonds. The van der Waals surface area contributed by atoms with Gasteiger partial charge in [0.05, 0.1) is 6.61 Å². The summed E-state index contributed by atoms with van der Waals surface area (Å²) in [5.41, 5.74) is 0.545. The Morgan fingerprint density at radius 2 is 2.10 bits per heavy atom. The molecule has 5 nitrogen and oxygen atoms in total. The summed E-state index contributed by atoms with van der Waals surface area (Å²) in [6.45, 7) is 6.58. The second-order valence-electron chi connectivity index (χ2n) is 5.32. The molecule has 1 rings (SSSR count). The maximum Gasteiger partial charge on any atom is 0.333 e. The number of hydrogen-bond acceptors (Lipinski definition) is 5. The number of carbonyl (C=O) groups is 2. The lowest BCUT2D eigenvalue weighted by molar-refractivity contribution is -0.151. The van der Waals surface area contributed by atoms with Crippen LogP contribution in [0.2, 0.25) is 0 Å². The monoisotopic (exact) mass is 282 g/mol. The number of Topliss-reactive ketones (excluding diaryl/α,β-unsaturated/α-hetero) is 1. The Balaban J connectivity index is 3.07. The van der Waals surface area contributed by atoms with Crippen LogP contribution in [0.3, 0.4) is 0 Å². The lowest BCUT2D eigenvalue weighted by atomic mass is 9.77. The summed E-state index contributed by atoms with van der Waals surface area (Å²) in [6, 6.07) is 0. The van der Waals surface area contributed by atoms with Gasteiger partial charge in [-0.15, -0.1) is 0 Å². The van der Waals surface area contributed by atoms with Crippen molar-refractivity contribution in [2.75, 3.05) is 6.61 Å². The predicted molar refractivity (Wildman–Crippen MR) is 73.8 cm³/mol. The maximum absolute atomic E-state index is 11.9. The fourth-order valence-electron chi connectivity index (χ4n) is 2.26. The lowest BCUT2D eigenvalue weighted by Crippen LogP contribution is -2.46. The first-order chi connectivity index (χ1) is 9.33. The molecule has 0 aromatic carbocycles. The summed E-state index contributed by atoms with van der Waals surface area (Å²) in [7, 11) is 0. The second kappa shape index (κ2) is 6.81. The average molecular weight is 282 g/mol. The van der Waals surface area contributed by atoms with Crippen molar-refractivity contribution in [1.82, 2.24) is 0 Å². The third-order valence-corrected chi connectivity index (χ3v) is 3.63. The molecule has 2 N–H and O–H groups in total. The number of ether oxygens (including phenoxy) is 1. The third kappa shape index (κ3) is 3.35. The SMILES string of the molecule is C/C=C(/C)C(=O)O[C@@H]1C=C(CO)C(=O)[C@@H](O)[C@@H]1C(C)C. The minimum Gasteiger partial charge on any atom is -0.454 e. The Morgan fingerprint density at radius 3 is 2.55 bits per heavy atom. The van der Waals surface area contributed by atoms with E-state index in [0.717, 1.165) is 0 Å². The van der Waals surface area contributed by atoms with Crippen molar-refractivity contribution in [2.45, 2.75) is 39.9 Å². The van der Waals surface area contributed by atoms with Gasteiger partial charge in [0, 0.05) is 17.1 Å². The Bertz CT molecular complexity index is 447. The first kappa shape index (κ1) is 16.6. The van der Waals surface area contributed by atoms with Gasteiger partial charge in [-0.2, -0.15) is 0 Å². The molecule has 112 valence electrons. The normalized spacial score (nSPS) is 27.6. The van der Waals surface area contributed by atoms with Gasteiger partial charge in [0.15, 0.2) is 5.78 Å². The van der Waals surface area contributed by atoms with E-state index in [1.54, 1.807) is 19.9 Å². The molecule has 0 heterocycles. The summed E-state index contributed by atoms with van der Waals surface area (Å²) in [4.78, 5) is 23.7. The zero-order valence-corrected chi connectivity index (χ0v) is 12.3. The van der Waals surface area contributed by atoms with Crippen LogP contribution in [0.1, 0.15) is 27.7 Å². The van der Waals surface area contributed by atoms with Gasteiger partial charge < -0.3 is 14.9 Å². The van der Waals surface area contributed by atoms with Crippen LogP contribution >= 0.6 is 0 Å². The molecule has 0 aromatic heterocycles. The Hall–Kier alpha value is -1.46. The lowest BCUT2D eigenvalue weighted by Gasteiger charge is -2.35. The molecule has 0 radical (unpaired) electrons. The van der Waals surface area contributed by atoms with E-state index >= 15 is 0 Å². The molecule has 20 heavy (non-hydrogen) atoms. The van der Waals surface area contributed by atoms with Gasteiger partial charge in [0.1, 0.15) is 12.2 Å². The molecule has 0 unspecified atom stereocenters. The molecule has 0 saturated carbocycles. The topological polar surface area (TPSA) is 83.8 Å². The third-order valence-electron chi connectivity index (χ3n) is 3.63.